The Morgan fingerprint density at radius 3 is 2.56 bits per heavy atom. The van der Waals surface area contributed by atoms with Gasteiger partial charge in [-0.25, -0.2) is 4.79 Å². The number of rotatable bonds is 6. The number of imide groups is 1. The minimum atomic E-state index is -1.11. The van der Waals surface area contributed by atoms with Gasteiger partial charge in [0, 0.05) is 17.3 Å². The number of carboxylic acids is 1. The number of aromatic carboxylic acids is 1. The molecule has 1 fully saturated rings. The second-order valence-corrected chi connectivity index (χ2v) is 8.78. The summed E-state index contributed by atoms with van der Waals surface area (Å²) in [7, 11) is 0. The lowest BCUT2D eigenvalue weighted by Crippen LogP contribution is -2.36. The summed E-state index contributed by atoms with van der Waals surface area (Å²) in [4.78, 5) is 49.6. The van der Waals surface area contributed by atoms with Crippen molar-refractivity contribution in [2.24, 2.45) is 0 Å². The lowest BCUT2D eigenvalue weighted by Gasteiger charge is -2.12. The van der Waals surface area contributed by atoms with Gasteiger partial charge in [-0.15, -0.1) is 0 Å². The topological polar surface area (TPSA) is 117 Å². The van der Waals surface area contributed by atoms with Crippen LogP contribution in [0.3, 0.4) is 0 Å². The van der Waals surface area contributed by atoms with Gasteiger partial charge in [-0.3, -0.25) is 19.3 Å². The number of benzene rings is 2. The molecule has 10 heteroatoms. The van der Waals surface area contributed by atoms with E-state index in [2.05, 4.69) is 5.32 Å². The van der Waals surface area contributed by atoms with Gasteiger partial charge in [0.1, 0.15) is 18.1 Å². The van der Waals surface area contributed by atoms with E-state index in [0.717, 1.165) is 10.5 Å². The molecule has 0 aliphatic carbocycles. The minimum absolute atomic E-state index is 0.0439. The van der Waals surface area contributed by atoms with Crippen LogP contribution in [0, 0.1) is 6.92 Å². The quantitative estimate of drug-likeness (QED) is 0.446. The van der Waals surface area contributed by atoms with Crippen LogP contribution in [0.15, 0.2) is 63.9 Å². The number of hydrogen-bond donors (Lipinski definition) is 2. The first-order valence-corrected chi connectivity index (χ1v) is 11.2. The predicted octanol–water partition coefficient (Wildman–Crippen LogP) is 5.28. The highest BCUT2D eigenvalue weighted by atomic mass is 35.5. The van der Waals surface area contributed by atoms with E-state index >= 15 is 0 Å². The molecule has 2 heterocycles. The second kappa shape index (κ2) is 9.58. The van der Waals surface area contributed by atoms with Crippen LogP contribution in [0.5, 0.6) is 0 Å². The SMILES string of the molecule is Cc1ccc(NC(=O)CN2C(=O)SC(=Cc3ccc(-c4cc(C(=O)O)ccc4Cl)o3)C2=O)cc1. The molecule has 0 spiro atoms. The number of nitrogens with zero attached hydrogens (tertiary/aromatic N) is 1. The molecule has 172 valence electrons. The van der Waals surface area contributed by atoms with Crippen LogP contribution >= 0.6 is 23.4 Å². The number of halogens is 1. The smallest absolute Gasteiger partial charge is 0.335 e. The lowest BCUT2D eigenvalue weighted by molar-refractivity contribution is -0.127. The average Bonchev–Trinajstić information content (AvgIpc) is 3.35. The molecule has 1 saturated heterocycles. The fourth-order valence-electron chi connectivity index (χ4n) is 3.17. The molecule has 3 amide bonds. The fourth-order valence-corrected chi connectivity index (χ4v) is 4.20. The Morgan fingerprint density at radius 1 is 1.12 bits per heavy atom. The number of amides is 3. The Morgan fingerprint density at radius 2 is 1.85 bits per heavy atom. The number of carboxylic acid groups (broad SMARTS) is 1. The van der Waals surface area contributed by atoms with Crippen LogP contribution < -0.4 is 5.32 Å². The number of thioether (sulfide) groups is 1. The van der Waals surface area contributed by atoms with Crippen molar-refractivity contribution in [2.75, 3.05) is 11.9 Å². The summed E-state index contributed by atoms with van der Waals surface area (Å²) < 4.78 is 5.71. The van der Waals surface area contributed by atoms with Gasteiger partial charge in [0.15, 0.2) is 0 Å². The van der Waals surface area contributed by atoms with Crippen molar-refractivity contribution in [3.05, 3.63) is 81.4 Å². The molecule has 1 aromatic heterocycles. The Balaban J connectivity index is 1.48. The van der Waals surface area contributed by atoms with E-state index in [0.29, 0.717) is 33.8 Å². The van der Waals surface area contributed by atoms with Gasteiger partial charge in [0.25, 0.3) is 11.1 Å². The Hall–Kier alpha value is -3.82. The fraction of sp³-hybridized carbons (Fsp3) is 0.0833. The van der Waals surface area contributed by atoms with Crippen LogP contribution in [0.4, 0.5) is 10.5 Å². The molecular formula is C24H17ClN2O6S. The second-order valence-electron chi connectivity index (χ2n) is 7.38. The summed E-state index contributed by atoms with van der Waals surface area (Å²) in [6.07, 6.45) is 1.39. The minimum Gasteiger partial charge on any atom is -0.478 e. The van der Waals surface area contributed by atoms with Crippen LogP contribution in [0.1, 0.15) is 21.7 Å². The van der Waals surface area contributed by atoms with Crippen LogP contribution in [0.25, 0.3) is 17.4 Å². The zero-order valence-corrected chi connectivity index (χ0v) is 19.3. The van der Waals surface area contributed by atoms with Gasteiger partial charge in [-0.1, -0.05) is 29.3 Å². The maximum Gasteiger partial charge on any atom is 0.335 e. The molecule has 0 saturated carbocycles. The Labute approximate surface area is 203 Å². The van der Waals surface area contributed by atoms with E-state index in [1.807, 2.05) is 19.1 Å². The summed E-state index contributed by atoms with van der Waals surface area (Å²) >= 11 is 6.87. The number of nitrogens with one attached hydrogen (secondary N) is 1. The molecule has 0 bridgehead atoms. The van der Waals surface area contributed by atoms with Gasteiger partial charge in [-0.05, 0) is 61.2 Å². The van der Waals surface area contributed by atoms with Crippen molar-refractivity contribution < 1.29 is 28.7 Å². The van der Waals surface area contributed by atoms with Gasteiger partial charge < -0.3 is 14.8 Å². The molecule has 0 unspecified atom stereocenters. The molecular weight excluding hydrogens is 480 g/mol. The Kier molecular flexibility index (Phi) is 6.58. The largest absolute Gasteiger partial charge is 0.478 e. The van der Waals surface area contributed by atoms with Gasteiger partial charge in [0.05, 0.1) is 15.5 Å². The first-order chi connectivity index (χ1) is 16.2. The third kappa shape index (κ3) is 5.05. The molecule has 34 heavy (non-hydrogen) atoms. The molecule has 1 aliphatic rings. The number of anilines is 1. The predicted molar refractivity (Wildman–Crippen MR) is 129 cm³/mol. The van der Waals surface area contributed by atoms with Gasteiger partial charge in [-0.2, -0.15) is 0 Å². The number of carbonyl (C=O) groups is 4. The van der Waals surface area contributed by atoms with Crippen molar-refractivity contribution in [1.82, 2.24) is 4.90 Å². The average molecular weight is 497 g/mol. The first-order valence-electron chi connectivity index (χ1n) is 9.96. The molecule has 4 rings (SSSR count). The van der Waals surface area contributed by atoms with Gasteiger partial charge in [0.2, 0.25) is 5.91 Å². The van der Waals surface area contributed by atoms with Crippen molar-refractivity contribution >= 4 is 58.1 Å². The maximum absolute atomic E-state index is 12.7. The van der Waals surface area contributed by atoms with E-state index in [4.69, 9.17) is 16.0 Å². The highest BCUT2D eigenvalue weighted by Crippen LogP contribution is 2.35. The van der Waals surface area contributed by atoms with E-state index in [-0.39, 0.29) is 16.2 Å². The standard InChI is InChI=1S/C24H17ClN2O6S/c1-13-2-5-15(6-3-13)26-21(28)12-27-22(29)20(34-24(27)32)11-16-7-9-19(33-16)17-10-14(23(30)31)4-8-18(17)25/h2-11H,12H2,1H3,(H,26,28)(H,30,31). The summed E-state index contributed by atoms with van der Waals surface area (Å²) in [6.45, 7) is 1.50. The van der Waals surface area contributed by atoms with Crippen LogP contribution in [-0.4, -0.2) is 39.6 Å². The third-order valence-electron chi connectivity index (χ3n) is 4.89. The first kappa shape index (κ1) is 23.3. The Bertz CT molecular complexity index is 1350. The van der Waals surface area contributed by atoms with E-state index in [1.54, 1.807) is 24.3 Å². The van der Waals surface area contributed by atoms with E-state index in [9.17, 15) is 24.3 Å². The van der Waals surface area contributed by atoms with Crippen molar-refractivity contribution in [3.63, 3.8) is 0 Å². The zero-order valence-electron chi connectivity index (χ0n) is 17.7. The summed E-state index contributed by atoms with van der Waals surface area (Å²) in [5.41, 5.74) is 2.02. The highest BCUT2D eigenvalue weighted by Gasteiger charge is 2.36. The normalized spacial score (nSPS) is 14.6. The number of hydrogen-bond acceptors (Lipinski definition) is 6. The third-order valence-corrected chi connectivity index (χ3v) is 6.13. The van der Waals surface area contributed by atoms with Crippen molar-refractivity contribution in [2.45, 2.75) is 6.92 Å². The van der Waals surface area contributed by atoms with E-state index in [1.165, 1.54) is 24.3 Å². The molecule has 3 aromatic rings. The molecule has 0 radical (unpaired) electrons. The molecule has 0 atom stereocenters. The van der Waals surface area contributed by atoms with Gasteiger partial charge >= 0.3 is 5.97 Å². The molecule has 2 N–H and O–H groups in total. The summed E-state index contributed by atoms with van der Waals surface area (Å²) in [6, 6.07) is 14.5. The van der Waals surface area contributed by atoms with Crippen LogP contribution in [-0.2, 0) is 9.59 Å². The van der Waals surface area contributed by atoms with Crippen molar-refractivity contribution in [3.8, 4) is 11.3 Å². The summed E-state index contributed by atoms with van der Waals surface area (Å²) in [5, 5.41) is 11.6. The summed E-state index contributed by atoms with van der Waals surface area (Å²) in [5.74, 6) is -1.65. The van der Waals surface area contributed by atoms with E-state index < -0.39 is 29.6 Å². The molecule has 2 aromatic carbocycles. The maximum atomic E-state index is 12.7. The zero-order chi connectivity index (χ0) is 24.4. The molecule has 1 aliphatic heterocycles. The van der Waals surface area contributed by atoms with Crippen LogP contribution in [0.2, 0.25) is 5.02 Å². The number of aryl methyl sites for hydroxylation is 1. The molecule has 8 nitrogen and oxygen atoms in total. The number of carbonyl (C=O) groups excluding carboxylic acids is 3. The number of furan rings is 1. The lowest BCUT2D eigenvalue weighted by atomic mass is 10.1. The monoisotopic (exact) mass is 496 g/mol. The highest BCUT2D eigenvalue weighted by molar-refractivity contribution is 8.18. The van der Waals surface area contributed by atoms with Crippen molar-refractivity contribution in [1.29, 1.82) is 0 Å².